The summed E-state index contributed by atoms with van der Waals surface area (Å²) in [5, 5.41) is 0.657. The van der Waals surface area contributed by atoms with Crippen LogP contribution in [0.2, 0.25) is 0 Å². The Balaban J connectivity index is 1.97. The Hall–Kier alpha value is -3.01. The highest BCUT2D eigenvalue weighted by molar-refractivity contribution is 6.07. The van der Waals surface area contributed by atoms with E-state index < -0.39 is 17.2 Å². The lowest BCUT2D eigenvalue weighted by atomic mass is 10.1. The predicted octanol–water partition coefficient (Wildman–Crippen LogP) is 3.83. The van der Waals surface area contributed by atoms with Crippen molar-refractivity contribution in [1.82, 2.24) is 0 Å². The first-order valence-corrected chi connectivity index (χ1v) is 6.65. The van der Waals surface area contributed by atoms with Crippen LogP contribution in [-0.2, 0) is 0 Å². The van der Waals surface area contributed by atoms with Crippen molar-refractivity contribution in [3.63, 3.8) is 0 Å². The zero-order chi connectivity index (χ0) is 15.5. The first kappa shape index (κ1) is 13.9. The highest BCUT2D eigenvalue weighted by atomic mass is 19.1. The normalized spacial score (nSPS) is 11.1. The van der Waals surface area contributed by atoms with Crippen LogP contribution in [0.15, 0.2) is 69.9 Å². The number of para-hydroxylation sites is 1. The summed E-state index contributed by atoms with van der Waals surface area (Å²) >= 11 is 0. The standard InChI is InChI=1S/C18H11FO3/c19-15-7-3-1-5-12(15)9-10-16(20)14-11-13-6-2-4-8-17(13)22-18(14)21/h1-11H. The molecule has 3 nitrogen and oxygen atoms in total. The van der Waals surface area contributed by atoms with Crippen LogP contribution in [0.25, 0.3) is 17.0 Å². The molecule has 0 spiro atoms. The van der Waals surface area contributed by atoms with Gasteiger partial charge in [0.1, 0.15) is 17.0 Å². The van der Waals surface area contributed by atoms with Gasteiger partial charge in [0.15, 0.2) is 5.78 Å². The van der Waals surface area contributed by atoms with Crippen LogP contribution in [0.1, 0.15) is 15.9 Å². The highest BCUT2D eigenvalue weighted by Crippen LogP contribution is 2.14. The van der Waals surface area contributed by atoms with E-state index in [9.17, 15) is 14.0 Å². The predicted molar refractivity (Wildman–Crippen MR) is 82.2 cm³/mol. The number of allylic oxidation sites excluding steroid dienone is 1. The van der Waals surface area contributed by atoms with Gasteiger partial charge in [-0.25, -0.2) is 9.18 Å². The van der Waals surface area contributed by atoms with Crippen LogP contribution in [-0.4, -0.2) is 5.78 Å². The quantitative estimate of drug-likeness (QED) is 0.419. The van der Waals surface area contributed by atoms with Crippen molar-refractivity contribution in [3.8, 4) is 0 Å². The third-order valence-corrected chi connectivity index (χ3v) is 3.23. The van der Waals surface area contributed by atoms with Gasteiger partial charge in [0.05, 0.1) is 0 Å². The number of rotatable bonds is 3. The molecule has 0 atom stereocenters. The van der Waals surface area contributed by atoms with E-state index in [0.717, 1.165) is 0 Å². The van der Waals surface area contributed by atoms with Crippen LogP contribution in [0, 0.1) is 5.82 Å². The van der Waals surface area contributed by atoms with Gasteiger partial charge in [-0.2, -0.15) is 0 Å². The second-order valence-corrected chi connectivity index (χ2v) is 4.70. The molecular weight excluding hydrogens is 283 g/mol. The average Bonchev–Trinajstić information content (AvgIpc) is 2.53. The minimum absolute atomic E-state index is 0.0775. The fourth-order valence-corrected chi connectivity index (χ4v) is 2.10. The monoisotopic (exact) mass is 294 g/mol. The first-order valence-electron chi connectivity index (χ1n) is 6.65. The molecule has 108 valence electrons. The molecule has 0 aliphatic rings. The largest absolute Gasteiger partial charge is 0.422 e. The van der Waals surface area contributed by atoms with E-state index in [4.69, 9.17) is 4.42 Å². The number of carbonyl (C=O) groups excluding carboxylic acids is 1. The first-order chi connectivity index (χ1) is 10.6. The van der Waals surface area contributed by atoms with Crippen molar-refractivity contribution in [2.75, 3.05) is 0 Å². The molecule has 0 saturated heterocycles. The summed E-state index contributed by atoms with van der Waals surface area (Å²) in [6.45, 7) is 0. The highest BCUT2D eigenvalue weighted by Gasteiger charge is 2.11. The van der Waals surface area contributed by atoms with Gasteiger partial charge in [-0.15, -0.1) is 0 Å². The summed E-state index contributed by atoms with van der Waals surface area (Å²) in [6, 6.07) is 14.5. The maximum Gasteiger partial charge on any atom is 0.347 e. The van der Waals surface area contributed by atoms with E-state index in [-0.39, 0.29) is 11.1 Å². The fraction of sp³-hybridized carbons (Fsp3) is 0. The van der Waals surface area contributed by atoms with E-state index in [2.05, 4.69) is 0 Å². The Bertz CT molecular complexity index is 938. The summed E-state index contributed by atoms with van der Waals surface area (Å²) in [4.78, 5) is 24.0. The zero-order valence-electron chi connectivity index (χ0n) is 11.5. The molecule has 3 aromatic rings. The lowest BCUT2D eigenvalue weighted by Crippen LogP contribution is -2.11. The second-order valence-electron chi connectivity index (χ2n) is 4.70. The Labute approximate surface area is 125 Å². The molecule has 2 aromatic carbocycles. The summed E-state index contributed by atoms with van der Waals surface area (Å²) < 4.78 is 18.6. The smallest absolute Gasteiger partial charge is 0.347 e. The van der Waals surface area contributed by atoms with Crippen LogP contribution in [0.4, 0.5) is 4.39 Å². The number of halogens is 1. The molecule has 22 heavy (non-hydrogen) atoms. The van der Waals surface area contributed by atoms with Gasteiger partial charge < -0.3 is 4.42 Å². The van der Waals surface area contributed by atoms with Gasteiger partial charge in [-0.05, 0) is 30.4 Å². The van der Waals surface area contributed by atoms with Gasteiger partial charge in [-0.3, -0.25) is 4.79 Å². The van der Waals surface area contributed by atoms with Gasteiger partial charge in [0.2, 0.25) is 0 Å². The third kappa shape index (κ3) is 2.72. The molecule has 0 aliphatic carbocycles. The van der Waals surface area contributed by atoms with Crippen LogP contribution in [0.5, 0.6) is 0 Å². The van der Waals surface area contributed by atoms with E-state index >= 15 is 0 Å². The molecule has 0 N–H and O–H groups in total. The molecule has 1 aromatic heterocycles. The van der Waals surface area contributed by atoms with Crippen LogP contribution >= 0.6 is 0 Å². The molecule has 0 saturated carbocycles. The van der Waals surface area contributed by atoms with E-state index in [0.29, 0.717) is 11.0 Å². The van der Waals surface area contributed by atoms with Crippen molar-refractivity contribution in [1.29, 1.82) is 0 Å². The molecular formula is C18H11FO3. The van der Waals surface area contributed by atoms with Crippen LogP contribution < -0.4 is 5.63 Å². The number of carbonyl (C=O) groups is 1. The average molecular weight is 294 g/mol. The molecule has 4 heteroatoms. The minimum Gasteiger partial charge on any atom is -0.422 e. The topological polar surface area (TPSA) is 47.3 Å². The molecule has 0 unspecified atom stereocenters. The molecule has 0 radical (unpaired) electrons. The maximum absolute atomic E-state index is 13.5. The number of benzene rings is 2. The number of fused-ring (bicyclic) bond motifs is 1. The number of hydrogen-bond acceptors (Lipinski definition) is 3. The van der Waals surface area contributed by atoms with Gasteiger partial charge >= 0.3 is 5.63 Å². The van der Waals surface area contributed by atoms with Crippen molar-refractivity contribution < 1.29 is 13.6 Å². The molecule has 3 rings (SSSR count). The fourth-order valence-electron chi connectivity index (χ4n) is 2.10. The summed E-state index contributed by atoms with van der Waals surface area (Å²) in [6.07, 6.45) is 2.51. The van der Waals surface area contributed by atoms with Crippen LogP contribution in [0.3, 0.4) is 0 Å². The van der Waals surface area contributed by atoms with Crippen molar-refractivity contribution in [2.45, 2.75) is 0 Å². The van der Waals surface area contributed by atoms with E-state index in [1.165, 1.54) is 24.3 Å². The van der Waals surface area contributed by atoms with Gasteiger partial charge in [0.25, 0.3) is 0 Å². The minimum atomic E-state index is -0.707. The Morgan fingerprint density at radius 2 is 1.77 bits per heavy atom. The Morgan fingerprint density at radius 3 is 2.59 bits per heavy atom. The lowest BCUT2D eigenvalue weighted by molar-refractivity contribution is 0.104. The lowest BCUT2D eigenvalue weighted by Gasteiger charge is -1.99. The molecule has 0 bridgehead atoms. The van der Waals surface area contributed by atoms with E-state index in [1.54, 1.807) is 42.5 Å². The van der Waals surface area contributed by atoms with Crippen molar-refractivity contribution in [3.05, 3.63) is 88.0 Å². The SMILES string of the molecule is O=C(C=Cc1ccccc1F)c1cc2ccccc2oc1=O. The molecule has 0 amide bonds. The molecule has 1 heterocycles. The zero-order valence-corrected chi connectivity index (χ0v) is 11.5. The van der Waals surface area contributed by atoms with Gasteiger partial charge in [-0.1, -0.05) is 36.4 Å². The third-order valence-electron chi connectivity index (χ3n) is 3.23. The molecule has 0 aliphatic heterocycles. The maximum atomic E-state index is 13.5. The molecule has 0 fully saturated rings. The number of hydrogen-bond donors (Lipinski definition) is 0. The van der Waals surface area contributed by atoms with Gasteiger partial charge in [0, 0.05) is 10.9 Å². The summed E-state index contributed by atoms with van der Waals surface area (Å²) in [5.41, 5.74) is -0.0867. The van der Waals surface area contributed by atoms with Crippen molar-refractivity contribution in [2.24, 2.45) is 0 Å². The van der Waals surface area contributed by atoms with Crippen molar-refractivity contribution >= 4 is 22.8 Å². The second kappa shape index (κ2) is 5.77. The van der Waals surface area contributed by atoms with E-state index in [1.807, 2.05) is 0 Å². The number of ketones is 1. The summed E-state index contributed by atoms with van der Waals surface area (Å²) in [7, 11) is 0. The summed E-state index contributed by atoms with van der Waals surface area (Å²) in [5.74, 6) is -0.958. The Kier molecular flexibility index (Phi) is 3.66. The Morgan fingerprint density at radius 1 is 1.05 bits per heavy atom.